The number of nitrogens with zero attached hydrogens (tertiary/aromatic N) is 3. The molecule has 2 atom stereocenters. The van der Waals surface area contributed by atoms with Crippen molar-refractivity contribution in [3.05, 3.63) is 86.4 Å². The Labute approximate surface area is 257 Å². The zero-order valence-electron chi connectivity index (χ0n) is 26.3. The fourth-order valence-corrected chi connectivity index (χ4v) is 6.38. The normalized spacial score (nSPS) is 21.9. The summed E-state index contributed by atoms with van der Waals surface area (Å²) in [5.74, 6) is -1.30. The molecular weight excluding hydrogens is 556 g/mol. The van der Waals surface area contributed by atoms with Crippen molar-refractivity contribution in [1.29, 1.82) is 0 Å². The number of allylic oxidation sites excluding steroid dienone is 6. The van der Waals surface area contributed by atoms with Gasteiger partial charge in [-0.05, 0) is 74.1 Å². The zero-order chi connectivity index (χ0) is 31.9. The van der Waals surface area contributed by atoms with E-state index in [1.54, 1.807) is 0 Å². The summed E-state index contributed by atoms with van der Waals surface area (Å²) in [6.45, 7) is 14.1. The molecule has 2 N–H and O–H groups in total. The SMILES string of the molecule is C=Cc1c2[nH]c(c1C)C=C1N=C(/C(=C/O)C3=NC(=CC4=NC(=C2)C(C)=C4CC)C(C)=C3C(=O)OC)[C@@H](CCC(=O)OC)[C@@H]1C. The molecule has 0 amide bonds. The molecule has 4 aliphatic rings. The Morgan fingerprint density at radius 2 is 1.75 bits per heavy atom. The van der Waals surface area contributed by atoms with Gasteiger partial charge in [0.05, 0.1) is 60.2 Å². The van der Waals surface area contributed by atoms with Gasteiger partial charge in [0.15, 0.2) is 0 Å². The third kappa shape index (κ3) is 5.06. The van der Waals surface area contributed by atoms with Gasteiger partial charge in [0, 0.05) is 40.9 Å². The highest BCUT2D eigenvalue weighted by Gasteiger charge is 2.40. The van der Waals surface area contributed by atoms with Gasteiger partial charge in [0.1, 0.15) is 0 Å². The molecule has 44 heavy (non-hydrogen) atoms. The van der Waals surface area contributed by atoms with Gasteiger partial charge in [0.25, 0.3) is 0 Å². The predicted octanol–water partition coefficient (Wildman–Crippen LogP) is 6.77. The number of aliphatic imine (C=N–C) groups is 3. The number of rotatable bonds is 6. The van der Waals surface area contributed by atoms with Gasteiger partial charge in [-0.3, -0.25) is 9.79 Å². The molecule has 0 unspecified atom stereocenters. The molecule has 4 aliphatic heterocycles. The van der Waals surface area contributed by atoms with Gasteiger partial charge in [-0.25, -0.2) is 14.8 Å². The number of methoxy groups -OCH3 is 2. The number of esters is 2. The molecule has 9 nitrogen and oxygen atoms in total. The van der Waals surface area contributed by atoms with Crippen molar-refractivity contribution >= 4 is 47.3 Å². The number of hydrogen-bond donors (Lipinski definition) is 2. The molecule has 5 heterocycles. The monoisotopic (exact) mass is 594 g/mol. The fourth-order valence-electron chi connectivity index (χ4n) is 6.38. The first-order valence-electron chi connectivity index (χ1n) is 14.8. The summed E-state index contributed by atoms with van der Waals surface area (Å²) in [4.78, 5) is 43.9. The van der Waals surface area contributed by atoms with Crippen LogP contribution in [0.5, 0.6) is 0 Å². The number of ether oxygens (including phenoxy) is 2. The van der Waals surface area contributed by atoms with Crippen LogP contribution in [0, 0.1) is 18.8 Å². The first-order valence-corrected chi connectivity index (χ1v) is 14.8. The van der Waals surface area contributed by atoms with E-state index in [0.29, 0.717) is 29.0 Å². The number of carbonyl (C=O) groups excluding carboxylic acids is 2. The van der Waals surface area contributed by atoms with Crippen LogP contribution in [0.2, 0.25) is 0 Å². The van der Waals surface area contributed by atoms with Crippen LogP contribution in [-0.2, 0) is 19.1 Å². The highest BCUT2D eigenvalue weighted by atomic mass is 16.5. The van der Waals surface area contributed by atoms with Crippen molar-refractivity contribution < 1.29 is 24.2 Å². The lowest BCUT2D eigenvalue weighted by Crippen LogP contribution is -2.26. The summed E-state index contributed by atoms with van der Waals surface area (Å²) in [5, 5.41) is 10.7. The minimum atomic E-state index is -0.571. The summed E-state index contributed by atoms with van der Waals surface area (Å²) >= 11 is 0. The van der Waals surface area contributed by atoms with E-state index in [9.17, 15) is 14.7 Å². The molecule has 9 heteroatoms. The van der Waals surface area contributed by atoms with E-state index < -0.39 is 5.97 Å². The molecule has 1 aromatic heterocycles. The number of nitrogens with one attached hydrogen (secondary N) is 1. The number of fused-ring (bicyclic) bond motifs is 5. The lowest BCUT2D eigenvalue weighted by molar-refractivity contribution is -0.141. The van der Waals surface area contributed by atoms with Crippen LogP contribution >= 0.6 is 0 Å². The highest BCUT2D eigenvalue weighted by molar-refractivity contribution is 6.39. The topological polar surface area (TPSA) is 126 Å². The van der Waals surface area contributed by atoms with Crippen LogP contribution in [0.4, 0.5) is 0 Å². The lowest BCUT2D eigenvalue weighted by Gasteiger charge is -2.19. The molecule has 1 aromatic rings. The summed E-state index contributed by atoms with van der Waals surface area (Å²) in [5.41, 5.74) is 10.7. The highest BCUT2D eigenvalue weighted by Crippen LogP contribution is 2.41. The van der Waals surface area contributed by atoms with E-state index in [0.717, 1.165) is 63.4 Å². The summed E-state index contributed by atoms with van der Waals surface area (Å²) in [7, 11) is 2.68. The van der Waals surface area contributed by atoms with E-state index in [-0.39, 0.29) is 35.5 Å². The van der Waals surface area contributed by atoms with E-state index in [4.69, 9.17) is 24.5 Å². The second-order valence-corrected chi connectivity index (χ2v) is 11.3. The predicted molar refractivity (Wildman–Crippen MR) is 174 cm³/mol. The molecule has 0 radical (unpaired) electrons. The molecule has 0 saturated heterocycles. The molecule has 0 saturated carbocycles. The lowest BCUT2D eigenvalue weighted by atomic mass is 9.82. The summed E-state index contributed by atoms with van der Waals surface area (Å²) in [6, 6.07) is 0. The Hall–Kier alpha value is -4.79. The molecule has 8 bridgehead atoms. The number of aromatic nitrogens is 1. The van der Waals surface area contributed by atoms with Gasteiger partial charge in [-0.1, -0.05) is 26.5 Å². The molecule has 0 aliphatic carbocycles. The average molecular weight is 595 g/mol. The number of aliphatic hydroxyl groups excluding tert-OH is 1. The summed E-state index contributed by atoms with van der Waals surface area (Å²) < 4.78 is 10.1. The van der Waals surface area contributed by atoms with Crippen molar-refractivity contribution in [2.45, 2.75) is 53.9 Å². The van der Waals surface area contributed by atoms with Crippen LogP contribution in [0.15, 0.2) is 78.9 Å². The van der Waals surface area contributed by atoms with Crippen LogP contribution in [0.1, 0.15) is 69.5 Å². The van der Waals surface area contributed by atoms with Crippen molar-refractivity contribution in [2.24, 2.45) is 26.8 Å². The van der Waals surface area contributed by atoms with Gasteiger partial charge >= 0.3 is 11.9 Å². The second-order valence-electron chi connectivity index (χ2n) is 11.3. The van der Waals surface area contributed by atoms with E-state index in [1.807, 2.05) is 45.1 Å². The Kier molecular flexibility index (Phi) is 8.41. The standard InChI is InChI=1S/C35H38N4O5/c1-9-21-17(3)25-13-27-19(5)23(11-12-31(41)43-7)33(38-27)24(16-40)34-32(35(42)44-8)20(6)28(39-34)15-30-22(10-2)18(4)26(37-30)14-29(21)36-25/h9,13-16,19,23,36,40H,1,10-12H2,2-8H3/b24-16-,26-14?,27-13?,28-15?/t19-,23-/m0/s1. The number of H-pyrrole nitrogens is 1. The van der Waals surface area contributed by atoms with Crippen molar-refractivity contribution in [2.75, 3.05) is 14.2 Å². The quantitative estimate of drug-likeness (QED) is 0.278. The van der Waals surface area contributed by atoms with Crippen LogP contribution in [-0.4, -0.2) is 53.4 Å². The Morgan fingerprint density at radius 3 is 2.39 bits per heavy atom. The maximum Gasteiger partial charge on any atom is 0.340 e. The number of aliphatic hydroxyl groups is 1. The Morgan fingerprint density at radius 1 is 1.02 bits per heavy atom. The minimum Gasteiger partial charge on any atom is -0.515 e. The zero-order valence-corrected chi connectivity index (χ0v) is 26.3. The average Bonchev–Trinajstić information content (AvgIpc) is 3.69. The number of carbonyl (C=O) groups is 2. The Balaban J connectivity index is 1.82. The first-order chi connectivity index (χ1) is 21.1. The smallest absolute Gasteiger partial charge is 0.340 e. The maximum absolute atomic E-state index is 13.2. The van der Waals surface area contributed by atoms with Crippen LogP contribution in [0.3, 0.4) is 0 Å². The van der Waals surface area contributed by atoms with E-state index >= 15 is 0 Å². The first kappa shape index (κ1) is 30.7. The largest absolute Gasteiger partial charge is 0.515 e. The van der Waals surface area contributed by atoms with Crippen LogP contribution in [0.25, 0.3) is 18.2 Å². The van der Waals surface area contributed by atoms with Gasteiger partial charge in [-0.15, -0.1) is 0 Å². The minimum absolute atomic E-state index is 0.125. The third-order valence-corrected chi connectivity index (χ3v) is 8.99. The molecule has 5 rings (SSSR count). The summed E-state index contributed by atoms with van der Waals surface area (Å²) in [6.07, 6.45) is 10.1. The Bertz CT molecular complexity index is 1770. The van der Waals surface area contributed by atoms with E-state index in [2.05, 4.69) is 25.4 Å². The number of hydrogen-bond acceptors (Lipinski definition) is 8. The van der Waals surface area contributed by atoms with Crippen molar-refractivity contribution in [3.8, 4) is 0 Å². The van der Waals surface area contributed by atoms with E-state index in [1.165, 1.54) is 14.2 Å². The molecule has 0 aromatic carbocycles. The van der Waals surface area contributed by atoms with Gasteiger partial charge < -0.3 is 19.6 Å². The molecule has 0 spiro atoms. The molecular formula is C35H38N4O5. The molecule has 0 fully saturated rings. The fraction of sp³-hybridized carbons (Fsp3) is 0.343. The van der Waals surface area contributed by atoms with Crippen molar-refractivity contribution in [1.82, 2.24) is 4.98 Å². The molecule has 228 valence electrons. The van der Waals surface area contributed by atoms with Gasteiger partial charge in [-0.2, -0.15) is 0 Å². The second kappa shape index (κ2) is 12.1. The number of aromatic amines is 1. The van der Waals surface area contributed by atoms with Crippen LogP contribution < -0.4 is 0 Å². The third-order valence-electron chi connectivity index (χ3n) is 8.99. The van der Waals surface area contributed by atoms with Crippen molar-refractivity contribution in [3.63, 3.8) is 0 Å². The maximum atomic E-state index is 13.2. The van der Waals surface area contributed by atoms with Gasteiger partial charge in [0.2, 0.25) is 0 Å².